The molecule has 21 heavy (non-hydrogen) atoms. The average Bonchev–Trinajstić information content (AvgIpc) is 2.86. The standard InChI is InChI=1S/C13H10BrF3N2O2/c14-10-3-1-2-8(4-10)11(21-7-20)5-9-6-18-19-12(9)13(15,16)17/h1-4,6-7,11H,5H2,(H,18,19). The summed E-state index contributed by atoms with van der Waals surface area (Å²) in [5, 5.41) is 5.34. The summed E-state index contributed by atoms with van der Waals surface area (Å²) in [6.07, 6.45) is -4.39. The van der Waals surface area contributed by atoms with Crippen molar-refractivity contribution < 1.29 is 22.7 Å². The van der Waals surface area contributed by atoms with Gasteiger partial charge in [-0.1, -0.05) is 28.1 Å². The van der Waals surface area contributed by atoms with E-state index in [1.165, 1.54) is 0 Å². The van der Waals surface area contributed by atoms with Gasteiger partial charge in [0.05, 0.1) is 6.20 Å². The first-order valence-corrected chi connectivity index (χ1v) is 6.65. The van der Waals surface area contributed by atoms with Gasteiger partial charge in [-0.2, -0.15) is 18.3 Å². The van der Waals surface area contributed by atoms with Crippen molar-refractivity contribution in [2.24, 2.45) is 0 Å². The van der Waals surface area contributed by atoms with Crippen molar-refractivity contribution in [2.75, 3.05) is 0 Å². The number of halogens is 4. The van der Waals surface area contributed by atoms with E-state index < -0.39 is 18.0 Å². The topological polar surface area (TPSA) is 55.0 Å². The summed E-state index contributed by atoms with van der Waals surface area (Å²) in [6, 6.07) is 6.83. The SMILES string of the molecule is O=COC(Cc1cn[nH]c1C(F)(F)F)c1cccc(Br)c1. The first kappa shape index (κ1) is 15.6. The molecule has 1 aromatic heterocycles. The summed E-state index contributed by atoms with van der Waals surface area (Å²) in [4.78, 5) is 10.6. The fourth-order valence-corrected chi connectivity index (χ4v) is 2.35. The van der Waals surface area contributed by atoms with Gasteiger partial charge in [-0.15, -0.1) is 0 Å². The largest absolute Gasteiger partial charge is 0.459 e. The number of nitrogens with zero attached hydrogens (tertiary/aromatic N) is 1. The van der Waals surface area contributed by atoms with Crippen LogP contribution in [0.2, 0.25) is 0 Å². The second kappa shape index (κ2) is 6.30. The molecule has 2 rings (SSSR count). The maximum atomic E-state index is 12.8. The number of carbonyl (C=O) groups excluding carboxylic acids is 1. The molecule has 0 bridgehead atoms. The van der Waals surface area contributed by atoms with Crippen LogP contribution in [-0.2, 0) is 22.1 Å². The Morgan fingerprint density at radius 1 is 1.43 bits per heavy atom. The lowest BCUT2D eigenvalue weighted by Gasteiger charge is -2.16. The number of hydrogen-bond donors (Lipinski definition) is 1. The highest BCUT2D eigenvalue weighted by molar-refractivity contribution is 9.10. The second-order valence-corrected chi connectivity index (χ2v) is 5.16. The Hall–Kier alpha value is -1.83. The highest BCUT2D eigenvalue weighted by atomic mass is 79.9. The van der Waals surface area contributed by atoms with Crippen molar-refractivity contribution in [3.8, 4) is 0 Å². The van der Waals surface area contributed by atoms with E-state index in [1.807, 2.05) is 5.10 Å². The molecule has 0 radical (unpaired) electrons. The van der Waals surface area contributed by atoms with Crippen molar-refractivity contribution in [1.29, 1.82) is 0 Å². The van der Waals surface area contributed by atoms with Crippen LogP contribution in [0.15, 0.2) is 34.9 Å². The van der Waals surface area contributed by atoms with E-state index >= 15 is 0 Å². The molecule has 0 aliphatic rings. The van der Waals surface area contributed by atoms with Gasteiger partial charge in [-0.3, -0.25) is 9.89 Å². The van der Waals surface area contributed by atoms with Gasteiger partial charge in [0.15, 0.2) is 0 Å². The van der Waals surface area contributed by atoms with Crippen LogP contribution < -0.4 is 0 Å². The van der Waals surface area contributed by atoms with E-state index in [4.69, 9.17) is 4.74 Å². The number of benzene rings is 1. The molecule has 0 aliphatic carbocycles. The van der Waals surface area contributed by atoms with E-state index in [0.717, 1.165) is 10.7 Å². The molecule has 1 N–H and O–H groups in total. The van der Waals surface area contributed by atoms with E-state index in [2.05, 4.69) is 21.0 Å². The molecule has 4 nitrogen and oxygen atoms in total. The molecule has 1 atom stereocenters. The first-order valence-electron chi connectivity index (χ1n) is 5.86. The number of aromatic amines is 1. The molecule has 2 aromatic rings. The fraction of sp³-hybridized carbons (Fsp3) is 0.231. The van der Waals surface area contributed by atoms with Gasteiger partial charge < -0.3 is 4.74 Å². The Morgan fingerprint density at radius 2 is 2.19 bits per heavy atom. The molecular formula is C13H10BrF3N2O2. The maximum Gasteiger partial charge on any atom is 0.433 e. The summed E-state index contributed by atoms with van der Waals surface area (Å²) in [6.45, 7) is 0.221. The molecule has 0 amide bonds. The van der Waals surface area contributed by atoms with E-state index in [9.17, 15) is 18.0 Å². The van der Waals surface area contributed by atoms with Crippen molar-refractivity contribution in [2.45, 2.75) is 18.7 Å². The highest BCUT2D eigenvalue weighted by Gasteiger charge is 2.36. The predicted molar refractivity (Wildman–Crippen MR) is 71.3 cm³/mol. The Morgan fingerprint density at radius 3 is 2.81 bits per heavy atom. The van der Waals surface area contributed by atoms with Crippen LogP contribution in [0, 0.1) is 0 Å². The lowest BCUT2D eigenvalue weighted by atomic mass is 10.0. The Bertz CT molecular complexity index is 628. The number of rotatable bonds is 5. The molecule has 0 fully saturated rings. The number of carbonyl (C=O) groups is 1. The molecule has 1 unspecified atom stereocenters. The van der Waals surface area contributed by atoms with Crippen LogP contribution >= 0.6 is 15.9 Å². The third-order valence-electron chi connectivity index (χ3n) is 2.85. The Kier molecular flexibility index (Phi) is 4.66. The monoisotopic (exact) mass is 362 g/mol. The number of H-pyrrole nitrogens is 1. The lowest BCUT2D eigenvalue weighted by molar-refractivity contribution is -0.142. The summed E-state index contributed by atoms with van der Waals surface area (Å²) in [5.41, 5.74) is -0.405. The second-order valence-electron chi connectivity index (χ2n) is 4.25. The molecule has 0 spiro atoms. The van der Waals surface area contributed by atoms with Crippen molar-refractivity contribution in [3.05, 3.63) is 51.8 Å². The van der Waals surface area contributed by atoms with Crippen molar-refractivity contribution in [1.82, 2.24) is 10.2 Å². The van der Waals surface area contributed by atoms with Crippen LogP contribution in [0.1, 0.15) is 22.9 Å². The number of nitrogens with one attached hydrogen (secondary N) is 1. The fourth-order valence-electron chi connectivity index (χ4n) is 1.93. The van der Waals surface area contributed by atoms with Gasteiger partial charge in [0.25, 0.3) is 6.47 Å². The van der Waals surface area contributed by atoms with Crippen LogP contribution in [0.25, 0.3) is 0 Å². The number of aromatic nitrogens is 2. The number of ether oxygens (including phenoxy) is 1. The number of alkyl halides is 3. The van der Waals surface area contributed by atoms with Gasteiger partial charge in [0, 0.05) is 16.5 Å². The zero-order chi connectivity index (χ0) is 15.5. The van der Waals surface area contributed by atoms with Crippen LogP contribution in [-0.4, -0.2) is 16.7 Å². The predicted octanol–water partition coefficient (Wildman–Crippen LogP) is 3.65. The molecule has 0 saturated heterocycles. The normalized spacial score (nSPS) is 13.0. The minimum absolute atomic E-state index is 0.0608. The summed E-state index contributed by atoms with van der Waals surface area (Å²) >= 11 is 3.26. The Balaban J connectivity index is 2.29. The molecule has 0 saturated carbocycles. The minimum atomic E-state index is -4.53. The van der Waals surface area contributed by atoms with Crippen molar-refractivity contribution >= 4 is 22.4 Å². The first-order chi connectivity index (χ1) is 9.91. The molecule has 1 aromatic carbocycles. The van der Waals surface area contributed by atoms with Gasteiger partial charge >= 0.3 is 6.18 Å². The zero-order valence-corrected chi connectivity index (χ0v) is 12.1. The molecule has 0 aliphatic heterocycles. The molecule has 8 heteroatoms. The van der Waals surface area contributed by atoms with Gasteiger partial charge in [0.1, 0.15) is 11.8 Å². The molecular weight excluding hydrogens is 353 g/mol. The van der Waals surface area contributed by atoms with E-state index in [1.54, 1.807) is 24.3 Å². The average molecular weight is 363 g/mol. The lowest BCUT2D eigenvalue weighted by Crippen LogP contribution is -2.13. The van der Waals surface area contributed by atoms with Crippen molar-refractivity contribution in [3.63, 3.8) is 0 Å². The smallest absolute Gasteiger partial charge is 0.433 e. The maximum absolute atomic E-state index is 12.8. The van der Waals surface area contributed by atoms with E-state index in [-0.39, 0.29) is 18.5 Å². The highest BCUT2D eigenvalue weighted by Crippen LogP contribution is 2.33. The summed E-state index contributed by atoms with van der Waals surface area (Å²) < 4.78 is 44.0. The molecule has 1 heterocycles. The van der Waals surface area contributed by atoms with Crippen LogP contribution in [0.3, 0.4) is 0 Å². The third-order valence-corrected chi connectivity index (χ3v) is 3.34. The summed E-state index contributed by atoms with van der Waals surface area (Å²) in [7, 11) is 0. The van der Waals surface area contributed by atoms with Gasteiger partial charge in [-0.05, 0) is 17.7 Å². The quantitative estimate of drug-likeness (QED) is 0.826. The van der Waals surface area contributed by atoms with Gasteiger partial charge in [0.2, 0.25) is 0 Å². The Labute approximate surface area is 126 Å². The third kappa shape index (κ3) is 3.84. The minimum Gasteiger partial charge on any atom is -0.459 e. The zero-order valence-electron chi connectivity index (χ0n) is 10.5. The van der Waals surface area contributed by atoms with E-state index in [0.29, 0.717) is 5.56 Å². The summed E-state index contributed by atoms with van der Waals surface area (Å²) in [5.74, 6) is 0. The van der Waals surface area contributed by atoms with Crippen LogP contribution in [0.5, 0.6) is 0 Å². The molecule has 112 valence electrons. The number of hydrogen-bond acceptors (Lipinski definition) is 3. The van der Waals surface area contributed by atoms with Crippen LogP contribution in [0.4, 0.5) is 13.2 Å². The van der Waals surface area contributed by atoms with Gasteiger partial charge in [-0.25, -0.2) is 0 Å².